The number of oxazole rings is 1. The summed E-state index contributed by atoms with van der Waals surface area (Å²) in [6.45, 7) is 8.97. The molecule has 0 bridgehead atoms. The van der Waals surface area contributed by atoms with E-state index in [1.54, 1.807) is 11.3 Å². The molecule has 1 saturated heterocycles. The zero-order chi connectivity index (χ0) is 17.3. The fraction of sp³-hybridized carbons (Fsp3) is 0.471. The lowest BCUT2D eigenvalue weighted by Gasteiger charge is -2.25. The zero-order valence-electron chi connectivity index (χ0n) is 14.0. The molecule has 7 heteroatoms. The van der Waals surface area contributed by atoms with Crippen molar-refractivity contribution in [2.75, 3.05) is 18.1 Å². The van der Waals surface area contributed by atoms with Crippen molar-refractivity contribution < 1.29 is 12.8 Å². The maximum Gasteiger partial charge on any atom is 0.236 e. The van der Waals surface area contributed by atoms with E-state index in [2.05, 4.69) is 23.4 Å². The molecule has 130 valence electrons. The molecule has 2 aromatic rings. The van der Waals surface area contributed by atoms with Gasteiger partial charge in [0.25, 0.3) is 0 Å². The van der Waals surface area contributed by atoms with Gasteiger partial charge in [-0.05, 0) is 32.4 Å². The molecule has 1 aliphatic rings. The van der Waals surface area contributed by atoms with Crippen LogP contribution in [-0.2, 0) is 16.4 Å². The monoisotopic (exact) mass is 366 g/mol. The fourth-order valence-electron chi connectivity index (χ4n) is 2.99. The molecule has 0 radical (unpaired) electrons. The number of sulfone groups is 1. The van der Waals surface area contributed by atoms with Gasteiger partial charge in [0, 0.05) is 24.0 Å². The van der Waals surface area contributed by atoms with Gasteiger partial charge in [-0.25, -0.2) is 13.4 Å². The number of aryl methyl sites for hydroxylation is 2. The molecule has 3 heterocycles. The summed E-state index contributed by atoms with van der Waals surface area (Å²) in [6, 6.07) is 4.09. The Bertz CT molecular complexity index is 836. The summed E-state index contributed by atoms with van der Waals surface area (Å²) in [5, 5.41) is 0. The Morgan fingerprint density at radius 2 is 2.25 bits per heavy atom. The molecule has 0 amide bonds. The van der Waals surface area contributed by atoms with Crippen molar-refractivity contribution in [3.8, 4) is 10.8 Å². The van der Waals surface area contributed by atoms with E-state index >= 15 is 0 Å². The van der Waals surface area contributed by atoms with Gasteiger partial charge in [-0.3, -0.25) is 4.90 Å². The SMILES string of the molecule is C=CCN(Cc1nc(-c2ccc(C)s2)oc1C)[C@@H]1CCS(=O)(=O)C1. The van der Waals surface area contributed by atoms with Crippen molar-refractivity contribution in [3.63, 3.8) is 0 Å². The molecule has 3 rings (SSSR count). The highest BCUT2D eigenvalue weighted by atomic mass is 32.2. The Hall–Kier alpha value is -1.44. The largest absolute Gasteiger partial charge is 0.440 e. The molecule has 1 aliphatic heterocycles. The number of hydrogen-bond acceptors (Lipinski definition) is 6. The van der Waals surface area contributed by atoms with Gasteiger partial charge in [-0.1, -0.05) is 6.08 Å². The average molecular weight is 367 g/mol. The van der Waals surface area contributed by atoms with E-state index in [0.29, 0.717) is 25.4 Å². The van der Waals surface area contributed by atoms with Crippen LogP contribution in [-0.4, -0.2) is 42.4 Å². The van der Waals surface area contributed by atoms with Gasteiger partial charge in [0.15, 0.2) is 9.84 Å². The van der Waals surface area contributed by atoms with Crippen molar-refractivity contribution in [2.45, 2.75) is 32.9 Å². The summed E-state index contributed by atoms with van der Waals surface area (Å²) >= 11 is 1.65. The minimum atomic E-state index is -2.91. The maximum absolute atomic E-state index is 11.8. The Morgan fingerprint density at radius 1 is 1.46 bits per heavy atom. The topological polar surface area (TPSA) is 63.4 Å². The highest BCUT2D eigenvalue weighted by Gasteiger charge is 2.32. The van der Waals surface area contributed by atoms with Crippen LogP contribution in [0.15, 0.2) is 29.2 Å². The first-order valence-corrected chi connectivity index (χ1v) is 10.6. The van der Waals surface area contributed by atoms with Crippen molar-refractivity contribution in [1.82, 2.24) is 9.88 Å². The second-order valence-corrected chi connectivity index (χ2v) is 9.72. The summed E-state index contributed by atoms with van der Waals surface area (Å²) in [5.41, 5.74) is 0.863. The predicted molar refractivity (Wildman–Crippen MR) is 97.0 cm³/mol. The van der Waals surface area contributed by atoms with Crippen LogP contribution in [0.1, 0.15) is 22.8 Å². The molecule has 0 aromatic carbocycles. The van der Waals surface area contributed by atoms with Crippen molar-refractivity contribution in [2.24, 2.45) is 0 Å². The molecule has 0 N–H and O–H groups in total. The van der Waals surface area contributed by atoms with E-state index in [9.17, 15) is 8.42 Å². The summed E-state index contributed by atoms with van der Waals surface area (Å²) in [5.74, 6) is 1.90. The molecule has 0 saturated carbocycles. The first-order chi connectivity index (χ1) is 11.4. The van der Waals surface area contributed by atoms with Gasteiger partial charge in [0.2, 0.25) is 5.89 Å². The van der Waals surface area contributed by atoms with Gasteiger partial charge in [0.1, 0.15) is 5.76 Å². The molecule has 1 atom stereocenters. The first-order valence-electron chi connectivity index (χ1n) is 7.96. The molecule has 5 nitrogen and oxygen atoms in total. The average Bonchev–Trinajstić information content (AvgIpc) is 3.19. The number of hydrogen-bond donors (Lipinski definition) is 0. The van der Waals surface area contributed by atoms with Crippen LogP contribution in [0.2, 0.25) is 0 Å². The van der Waals surface area contributed by atoms with Crippen LogP contribution < -0.4 is 0 Å². The van der Waals surface area contributed by atoms with E-state index < -0.39 is 9.84 Å². The smallest absolute Gasteiger partial charge is 0.236 e. The number of nitrogens with zero attached hydrogens (tertiary/aromatic N) is 2. The Labute approximate surface area is 146 Å². The third kappa shape index (κ3) is 3.79. The first kappa shape index (κ1) is 17.4. The highest BCUT2D eigenvalue weighted by molar-refractivity contribution is 7.91. The van der Waals surface area contributed by atoms with Crippen molar-refractivity contribution in [1.29, 1.82) is 0 Å². The van der Waals surface area contributed by atoms with Gasteiger partial charge in [0.05, 0.1) is 22.1 Å². The van der Waals surface area contributed by atoms with Crippen LogP contribution in [0, 0.1) is 13.8 Å². The molecule has 2 aromatic heterocycles. The molecule has 0 spiro atoms. The quantitative estimate of drug-likeness (QED) is 0.735. The Kier molecular flexibility index (Phi) is 4.94. The standard InChI is InChI=1S/C17H22N2O3S2/c1-4-8-19(14-7-9-24(20,21)11-14)10-15-13(3)22-17(18-15)16-6-5-12(2)23-16/h4-6,14H,1,7-11H2,2-3H3/t14-/m1/s1. The van der Waals surface area contributed by atoms with Crippen LogP contribution >= 0.6 is 11.3 Å². The lowest BCUT2D eigenvalue weighted by Crippen LogP contribution is -2.36. The van der Waals surface area contributed by atoms with Crippen molar-refractivity contribution >= 4 is 21.2 Å². The summed E-state index contributed by atoms with van der Waals surface area (Å²) in [6.07, 6.45) is 2.48. The molecule has 0 aliphatic carbocycles. The lowest BCUT2D eigenvalue weighted by atomic mass is 10.2. The van der Waals surface area contributed by atoms with Gasteiger partial charge in [-0.2, -0.15) is 0 Å². The number of thiophene rings is 1. The number of rotatable bonds is 6. The van der Waals surface area contributed by atoms with E-state index in [1.807, 2.05) is 25.1 Å². The molecular weight excluding hydrogens is 344 g/mol. The third-order valence-electron chi connectivity index (χ3n) is 4.29. The van der Waals surface area contributed by atoms with E-state index in [1.165, 1.54) is 4.88 Å². The maximum atomic E-state index is 11.8. The van der Waals surface area contributed by atoms with Gasteiger partial charge in [-0.15, -0.1) is 17.9 Å². The Balaban J connectivity index is 1.80. The van der Waals surface area contributed by atoms with Gasteiger partial charge >= 0.3 is 0 Å². The molecule has 24 heavy (non-hydrogen) atoms. The van der Waals surface area contributed by atoms with Crippen LogP contribution in [0.3, 0.4) is 0 Å². The summed E-state index contributed by atoms with van der Waals surface area (Å²) in [4.78, 5) is 9.00. The van der Waals surface area contributed by atoms with Crippen LogP contribution in [0.25, 0.3) is 10.8 Å². The molecular formula is C17H22N2O3S2. The van der Waals surface area contributed by atoms with Crippen molar-refractivity contribution in [3.05, 3.63) is 41.1 Å². The van der Waals surface area contributed by atoms with Gasteiger partial charge < -0.3 is 4.42 Å². The van der Waals surface area contributed by atoms with Crippen LogP contribution in [0.4, 0.5) is 0 Å². The summed E-state index contributed by atoms with van der Waals surface area (Å²) < 4.78 is 29.4. The minimum Gasteiger partial charge on any atom is -0.440 e. The highest BCUT2D eigenvalue weighted by Crippen LogP contribution is 2.29. The van der Waals surface area contributed by atoms with E-state index in [4.69, 9.17) is 4.42 Å². The normalized spacial score (nSPS) is 19.9. The van der Waals surface area contributed by atoms with E-state index in [0.717, 1.165) is 16.3 Å². The number of aromatic nitrogens is 1. The van der Waals surface area contributed by atoms with Crippen LogP contribution in [0.5, 0.6) is 0 Å². The molecule has 0 unspecified atom stereocenters. The fourth-order valence-corrected chi connectivity index (χ4v) is 5.55. The zero-order valence-corrected chi connectivity index (χ0v) is 15.6. The predicted octanol–water partition coefficient (Wildman–Crippen LogP) is 3.20. The second kappa shape index (κ2) is 6.82. The minimum absolute atomic E-state index is 0.0246. The second-order valence-electron chi connectivity index (χ2n) is 6.21. The summed E-state index contributed by atoms with van der Waals surface area (Å²) in [7, 11) is -2.91. The third-order valence-corrected chi connectivity index (χ3v) is 7.02. The lowest BCUT2D eigenvalue weighted by molar-refractivity contribution is 0.223. The van der Waals surface area contributed by atoms with E-state index in [-0.39, 0.29) is 17.5 Å². The molecule has 1 fully saturated rings. The Morgan fingerprint density at radius 3 is 2.83 bits per heavy atom.